The topological polar surface area (TPSA) is 54.2 Å². The predicted octanol–water partition coefficient (Wildman–Crippen LogP) is 0.983. The van der Waals surface area contributed by atoms with Gasteiger partial charge in [0.1, 0.15) is 12.2 Å². The predicted molar refractivity (Wildman–Crippen MR) is 70.2 cm³/mol. The van der Waals surface area contributed by atoms with E-state index in [1.165, 1.54) is 25.6 Å². The van der Waals surface area contributed by atoms with Crippen molar-refractivity contribution in [3.05, 3.63) is 12.2 Å². The van der Waals surface area contributed by atoms with E-state index in [1.54, 1.807) is 4.68 Å². The third-order valence-electron chi connectivity index (χ3n) is 4.17. The van der Waals surface area contributed by atoms with Gasteiger partial charge in [-0.25, -0.2) is 4.98 Å². The Hall–Kier alpha value is -0.940. The number of aliphatic hydroxyl groups excluding tert-OH is 1. The normalized spacial score (nSPS) is 20.0. The molecule has 1 aromatic rings. The highest BCUT2D eigenvalue weighted by atomic mass is 16.3. The van der Waals surface area contributed by atoms with E-state index in [0.29, 0.717) is 6.42 Å². The lowest BCUT2D eigenvalue weighted by atomic mass is 9.90. The van der Waals surface area contributed by atoms with Crippen LogP contribution in [-0.2, 0) is 13.5 Å². The molecule has 18 heavy (non-hydrogen) atoms. The van der Waals surface area contributed by atoms with Crippen molar-refractivity contribution < 1.29 is 5.11 Å². The Kier molecular flexibility index (Phi) is 4.02. The smallest absolute Gasteiger partial charge is 0.138 e. The first kappa shape index (κ1) is 13.5. The lowest BCUT2D eigenvalue weighted by Crippen LogP contribution is -2.55. The monoisotopic (exact) mass is 252 g/mol. The van der Waals surface area contributed by atoms with Crippen LogP contribution < -0.4 is 0 Å². The highest BCUT2D eigenvalue weighted by molar-refractivity contribution is 4.97. The number of aromatic nitrogens is 3. The van der Waals surface area contributed by atoms with Crippen LogP contribution in [0.3, 0.4) is 0 Å². The van der Waals surface area contributed by atoms with Gasteiger partial charge in [-0.3, -0.25) is 9.58 Å². The van der Waals surface area contributed by atoms with Gasteiger partial charge in [0, 0.05) is 19.0 Å². The number of likely N-dealkylation sites (tertiary alicyclic amines) is 1. The molecule has 5 heteroatoms. The molecule has 102 valence electrons. The van der Waals surface area contributed by atoms with Crippen LogP contribution in [0.1, 0.15) is 38.9 Å². The van der Waals surface area contributed by atoms with Gasteiger partial charge < -0.3 is 5.11 Å². The molecule has 0 amide bonds. The zero-order chi connectivity index (χ0) is 13.2. The molecule has 5 nitrogen and oxygen atoms in total. The van der Waals surface area contributed by atoms with E-state index in [-0.39, 0.29) is 5.54 Å². The van der Waals surface area contributed by atoms with Gasteiger partial charge in [0.05, 0.1) is 6.10 Å². The molecule has 1 unspecified atom stereocenters. The number of hydrogen-bond acceptors (Lipinski definition) is 4. The highest BCUT2D eigenvalue weighted by Gasteiger charge is 2.35. The maximum absolute atomic E-state index is 10.5. The Bertz CT molecular complexity index is 382. The number of aryl methyl sites for hydroxylation is 1. The largest absolute Gasteiger partial charge is 0.391 e. The molecule has 1 atom stereocenters. The van der Waals surface area contributed by atoms with Crippen molar-refractivity contribution in [2.24, 2.45) is 7.05 Å². The molecular formula is C13H24N4O. The van der Waals surface area contributed by atoms with Crippen molar-refractivity contribution >= 4 is 0 Å². The van der Waals surface area contributed by atoms with Crippen LogP contribution in [0.4, 0.5) is 0 Å². The standard InChI is InChI=1S/C13H24N4O/c1-13(2,17-7-5-4-6-8-17)11(18)9-12-14-10-15-16(12)3/h10-11,18H,4-9H2,1-3H3. The first-order valence-electron chi connectivity index (χ1n) is 6.78. The second-order valence-corrected chi connectivity index (χ2v) is 5.72. The average Bonchev–Trinajstić information content (AvgIpc) is 2.76. The van der Waals surface area contributed by atoms with Crippen molar-refractivity contribution in [1.82, 2.24) is 19.7 Å². The Morgan fingerprint density at radius 3 is 2.56 bits per heavy atom. The number of rotatable bonds is 4. The fourth-order valence-corrected chi connectivity index (χ4v) is 2.61. The molecule has 1 aromatic heterocycles. The van der Waals surface area contributed by atoms with E-state index in [4.69, 9.17) is 0 Å². The third kappa shape index (κ3) is 2.72. The molecule has 0 radical (unpaired) electrons. The molecule has 0 bridgehead atoms. The van der Waals surface area contributed by atoms with E-state index < -0.39 is 6.10 Å². The maximum Gasteiger partial charge on any atom is 0.138 e. The third-order valence-corrected chi connectivity index (χ3v) is 4.17. The summed E-state index contributed by atoms with van der Waals surface area (Å²) >= 11 is 0. The molecule has 0 aromatic carbocycles. The summed E-state index contributed by atoms with van der Waals surface area (Å²) in [6.07, 6.45) is 5.46. The van der Waals surface area contributed by atoms with Gasteiger partial charge >= 0.3 is 0 Å². The quantitative estimate of drug-likeness (QED) is 0.868. The number of aliphatic hydroxyl groups is 1. The van der Waals surface area contributed by atoms with Gasteiger partial charge in [-0.1, -0.05) is 6.42 Å². The second-order valence-electron chi connectivity index (χ2n) is 5.72. The summed E-state index contributed by atoms with van der Waals surface area (Å²) in [5, 5.41) is 14.5. The lowest BCUT2D eigenvalue weighted by molar-refractivity contribution is -0.0199. The molecule has 1 aliphatic heterocycles. The number of hydrogen-bond donors (Lipinski definition) is 1. The van der Waals surface area contributed by atoms with Crippen LogP contribution in [-0.4, -0.2) is 49.5 Å². The fourth-order valence-electron chi connectivity index (χ4n) is 2.61. The van der Waals surface area contributed by atoms with E-state index in [9.17, 15) is 5.11 Å². The number of piperidine rings is 1. The van der Waals surface area contributed by atoms with Crippen molar-refractivity contribution in [1.29, 1.82) is 0 Å². The number of nitrogens with zero attached hydrogens (tertiary/aromatic N) is 4. The van der Waals surface area contributed by atoms with Crippen molar-refractivity contribution in [2.45, 2.75) is 51.2 Å². The summed E-state index contributed by atoms with van der Waals surface area (Å²) in [5.74, 6) is 0.840. The van der Waals surface area contributed by atoms with Gasteiger partial charge in [-0.2, -0.15) is 5.10 Å². The highest BCUT2D eigenvalue weighted by Crippen LogP contribution is 2.25. The zero-order valence-corrected chi connectivity index (χ0v) is 11.6. The average molecular weight is 252 g/mol. The summed E-state index contributed by atoms with van der Waals surface area (Å²) in [4.78, 5) is 6.59. The zero-order valence-electron chi connectivity index (χ0n) is 11.6. The molecule has 0 aliphatic carbocycles. The van der Waals surface area contributed by atoms with Crippen LogP contribution in [0, 0.1) is 0 Å². The minimum absolute atomic E-state index is 0.202. The minimum Gasteiger partial charge on any atom is -0.391 e. The molecule has 0 saturated carbocycles. The summed E-state index contributed by atoms with van der Waals surface area (Å²) in [7, 11) is 1.86. The molecule has 1 fully saturated rings. The van der Waals surface area contributed by atoms with E-state index in [2.05, 4.69) is 28.8 Å². The summed E-state index contributed by atoms with van der Waals surface area (Å²) in [5.41, 5.74) is -0.202. The van der Waals surface area contributed by atoms with Crippen LogP contribution >= 0.6 is 0 Å². The van der Waals surface area contributed by atoms with Crippen molar-refractivity contribution in [3.63, 3.8) is 0 Å². The van der Waals surface area contributed by atoms with Crippen molar-refractivity contribution in [3.8, 4) is 0 Å². The Morgan fingerprint density at radius 2 is 2.00 bits per heavy atom. The maximum atomic E-state index is 10.5. The van der Waals surface area contributed by atoms with Gasteiger partial charge in [0.2, 0.25) is 0 Å². The van der Waals surface area contributed by atoms with Crippen LogP contribution in [0.2, 0.25) is 0 Å². The summed E-state index contributed by atoms with van der Waals surface area (Å²) < 4.78 is 1.73. The molecule has 1 N–H and O–H groups in total. The molecule has 1 saturated heterocycles. The molecular weight excluding hydrogens is 228 g/mol. The lowest BCUT2D eigenvalue weighted by Gasteiger charge is -2.43. The molecule has 2 rings (SSSR count). The van der Waals surface area contributed by atoms with E-state index >= 15 is 0 Å². The van der Waals surface area contributed by atoms with Gasteiger partial charge in [-0.05, 0) is 39.8 Å². The van der Waals surface area contributed by atoms with Gasteiger partial charge in [0.25, 0.3) is 0 Å². The molecule has 1 aliphatic rings. The Labute approximate surface area is 109 Å². The second kappa shape index (κ2) is 5.36. The van der Waals surface area contributed by atoms with Crippen LogP contribution in [0.15, 0.2) is 6.33 Å². The van der Waals surface area contributed by atoms with Crippen LogP contribution in [0.25, 0.3) is 0 Å². The SMILES string of the molecule is Cn1ncnc1CC(O)C(C)(C)N1CCCCC1. The van der Waals surface area contributed by atoms with E-state index in [1.807, 2.05) is 7.05 Å². The fraction of sp³-hybridized carbons (Fsp3) is 0.846. The molecule has 0 spiro atoms. The Balaban J connectivity index is 2.02. The summed E-state index contributed by atoms with van der Waals surface area (Å²) in [6, 6.07) is 0. The van der Waals surface area contributed by atoms with Crippen LogP contribution in [0.5, 0.6) is 0 Å². The first-order chi connectivity index (χ1) is 8.51. The Morgan fingerprint density at radius 1 is 1.33 bits per heavy atom. The summed E-state index contributed by atoms with van der Waals surface area (Å²) in [6.45, 7) is 6.42. The first-order valence-corrected chi connectivity index (χ1v) is 6.78. The minimum atomic E-state index is -0.418. The van der Waals surface area contributed by atoms with Gasteiger partial charge in [-0.15, -0.1) is 0 Å². The molecule has 2 heterocycles. The van der Waals surface area contributed by atoms with E-state index in [0.717, 1.165) is 18.9 Å². The van der Waals surface area contributed by atoms with Crippen molar-refractivity contribution in [2.75, 3.05) is 13.1 Å². The van der Waals surface area contributed by atoms with Gasteiger partial charge in [0.15, 0.2) is 0 Å².